The third kappa shape index (κ3) is 4.62. The number of ether oxygens (including phenoxy) is 1. The van der Waals surface area contributed by atoms with Gasteiger partial charge in [0.15, 0.2) is 6.10 Å². The van der Waals surface area contributed by atoms with E-state index in [0.29, 0.717) is 6.54 Å². The van der Waals surface area contributed by atoms with Crippen LogP contribution >= 0.6 is 0 Å². The Balaban J connectivity index is 1.82. The first-order valence-electron chi connectivity index (χ1n) is 7.77. The molecule has 0 fully saturated rings. The van der Waals surface area contributed by atoms with Crippen molar-refractivity contribution < 1.29 is 9.53 Å². The summed E-state index contributed by atoms with van der Waals surface area (Å²) >= 11 is 0. The smallest absolute Gasteiger partial charge is 0.260 e. The largest absolute Gasteiger partial charge is 0.481 e. The highest BCUT2D eigenvalue weighted by Crippen LogP contribution is 2.19. The van der Waals surface area contributed by atoms with Crippen LogP contribution in [-0.4, -0.2) is 18.6 Å². The van der Waals surface area contributed by atoms with Crippen molar-refractivity contribution in [1.82, 2.24) is 5.32 Å². The van der Waals surface area contributed by atoms with Gasteiger partial charge in [0, 0.05) is 6.54 Å². The molecule has 22 heavy (non-hydrogen) atoms. The van der Waals surface area contributed by atoms with Gasteiger partial charge in [-0.05, 0) is 37.0 Å². The van der Waals surface area contributed by atoms with Crippen LogP contribution in [-0.2, 0) is 17.6 Å². The molecule has 0 aliphatic rings. The van der Waals surface area contributed by atoms with E-state index in [2.05, 4.69) is 24.4 Å². The summed E-state index contributed by atoms with van der Waals surface area (Å²) in [6.07, 6.45) is 1.21. The van der Waals surface area contributed by atoms with E-state index in [1.54, 1.807) is 6.92 Å². The van der Waals surface area contributed by atoms with E-state index in [1.165, 1.54) is 5.56 Å². The Morgan fingerprint density at radius 1 is 1.09 bits per heavy atom. The van der Waals surface area contributed by atoms with Crippen LogP contribution in [0.25, 0.3) is 0 Å². The van der Waals surface area contributed by atoms with E-state index in [4.69, 9.17) is 4.74 Å². The van der Waals surface area contributed by atoms with Crippen LogP contribution in [0.2, 0.25) is 0 Å². The fraction of sp³-hybridized carbons (Fsp3) is 0.316. The van der Waals surface area contributed by atoms with Crippen LogP contribution in [0.1, 0.15) is 25.0 Å². The van der Waals surface area contributed by atoms with Crippen molar-refractivity contribution in [2.75, 3.05) is 6.54 Å². The lowest BCUT2D eigenvalue weighted by Gasteiger charge is -2.16. The molecule has 0 aliphatic carbocycles. The Labute approximate surface area is 132 Å². The van der Waals surface area contributed by atoms with Gasteiger partial charge >= 0.3 is 0 Å². The van der Waals surface area contributed by atoms with E-state index < -0.39 is 6.10 Å². The van der Waals surface area contributed by atoms with Crippen LogP contribution in [0, 0.1) is 0 Å². The number of hydrogen-bond donors (Lipinski definition) is 1. The standard InChI is InChI=1S/C19H23NO2/c1-3-17-11-7-8-12-18(17)22-15(2)19(21)20-14-13-16-9-5-4-6-10-16/h4-12,15H,3,13-14H2,1-2H3,(H,20,21). The van der Waals surface area contributed by atoms with Gasteiger partial charge in [-0.25, -0.2) is 0 Å². The van der Waals surface area contributed by atoms with E-state index in [-0.39, 0.29) is 5.91 Å². The molecule has 3 heteroatoms. The number of hydrogen-bond acceptors (Lipinski definition) is 2. The second-order valence-corrected chi connectivity index (χ2v) is 5.25. The number of amides is 1. The zero-order valence-electron chi connectivity index (χ0n) is 13.2. The number of para-hydroxylation sites is 1. The van der Waals surface area contributed by atoms with Crippen molar-refractivity contribution in [3.63, 3.8) is 0 Å². The summed E-state index contributed by atoms with van der Waals surface area (Å²) in [4.78, 5) is 12.1. The first-order chi connectivity index (χ1) is 10.7. The predicted octanol–water partition coefficient (Wildman–Crippen LogP) is 3.38. The highest BCUT2D eigenvalue weighted by molar-refractivity contribution is 5.80. The Bertz CT molecular complexity index is 595. The van der Waals surface area contributed by atoms with E-state index in [9.17, 15) is 4.79 Å². The van der Waals surface area contributed by atoms with Crippen molar-refractivity contribution in [3.8, 4) is 5.75 Å². The molecule has 1 unspecified atom stereocenters. The van der Waals surface area contributed by atoms with Crippen molar-refractivity contribution in [1.29, 1.82) is 0 Å². The number of aryl methyl sites for hydroxylation is 1. The summed E-state index contributed by atoms with van der Waals surface area (Å²) in [5.74, 6) is 0.706. The molecule has 0 spiro atoms. The maximum Gasteiger partial charge on any atom is 0.260 e. The predicted molar refractivity (Wildman–Crippen MR) is 89.1 cm³/mol. The normalized spacial score (nSPS) is 11.7. The Morgan fingerprint density at radius 2 is 1.77 bits per heavy atom. The molecule has 2 rings (SSSR count). The van der Waals surface area contributed by atoms with Gasteiger partial charge in [-0.2, -0.15) is 0 Å². The molecule has 2 aromatic rings. The van der Waals surface area contributed by atoms with E-state index in [1.807, 2.05) is 42.5 Å². The van der Waals surface area contributed by atoms with Gasteiger partial charge in [0.25, 0.3) is 5.91 Å². The maximum absolute atomic E-state index is 12.1. The number of rotatable bonds is 7. The zero-order valence-corrected chi connectivity index (χ0v) is 13.2. The van der Waals surface area contributed by atoms with Crippen LogP contribution in [0.3, 0.4) is 0 Å². The Morgan fingerprint density at radius 3 is 2.50 bits per heavy atom. The average molecular weight is 297 g/mol. The fourth-order valence-electron chi connectivity index (χ4n) is 2.27. The Hall–Kier alpha value is -2.29. The lowest BCUT2D eigenvalue weighted by atomic mass is 10.1. The molecule has 1 N–H and O–H groups in total. The Kier molecular flexibility index (Phi) is 6.01. The molecule has 0 bridgehead atoms. The third-order valence-electron chi connectivity index (χ3n) is 3.58. The first-order valence-corrected chi connectivity index (χ1v) is 7.77. The molecule has 116 valence electrons. The minimum atomic E-state index is -0.497. The van der Waals surface area contributed by atoms with E-state index >= 15 is 0 Å². The lowest BCUT2D eigenvalue weighted by molar-refractivity contribution is -0.127. The highest BCUT2D eigenvalue weighted by atomic mass is 16.5. The van der Waals surface area contributed by atoms with Crippen molar-refractivity contribution in [2.45, 2.75) is 32.8 Å². The number of carbonyl (C=O) groups excluding carboxylic acids is 1. The third-order valence-corrected chi connectivity index (χ3v) is 3.58. The average Bonchev–Trinajstić information content (AvgIpc) is 2.56. The fourth-order valence-corrected chi connectivity index (χ4v) is 2.27. The number of nitrogens with one attached hydrogen (secondary N) is 1. The molecule has 2 aromatic carbocycles. The van der Waals surface area contributed by atoms with Gasteiger partial charge in [0.05, 0.1) is 0 Å². The summed E-state index contributed by atoms with van der Waals surface area (Å²) in [6, 6.07) is 18.0. The molecule has 0 saturated carbocycles. The van der Waals surface area contributed by atoms with Crippen LogP contribution in [0.4, 0.5) is 0 Å². The van der Waals surface area contributed by atoms with Crippen LogP contribution in [0.5, 0.6) is 5.75 Å². The molecular formula is C19H23NO2. The molecule has 1 atom stereocenters. The lowest BCUT2D eigenvalue weighted by Crippen LogP contribution is -2.37. The monoisotopic (exact) mass is 297 g/mol. The second-order valence-electron chi connectivity index (χ2n) is 5.25. The van der Waals surface area contributed by atoms with Crippen LogP contribution in [0.15, 0.2) is 54.6 Å². The van der Waals surface area contributed by atoms with Gasteiger partial charge < -0.3 is 10.1 Å². The van der Waals surface area contributed by atoms with Gasteiger partial charge in [0.1, 0.15) is 5.75 Å². The molecule has 1 amide bonds. The topological polar surface area (TPSA) is 38.3 Å². The van der Waals surface area contributed by atoms with Crippen molar-refractivity contribution in [3.05, 3.63) is 65.7 Å². The number of benzene rings is 2. The summed E-state index contributed by atoms with van der Waals surface area (Å²) < 4.78 is 5.79. The van der Waals surface area contributed by atoms with Gasteiger partial charge in [-0.15, -0.1) is 0 Å². The summed E-state index contributed by atoms with van der Waals surface area (Å²) in [5, 5.41) is 2.92. The maximum atomic E-state index is 12.1. The van der Waals surface area contributed by atoms with Gasteiger partial charge in [0.2, 0.25) is 0 Å². The zero-order chi connectivity index (χ0) is 15.8. The molecule has 0 aromatic heterocycles. The minimum Gasteiger partial charge on any atom is -0.481 e. The van der Waals surface area contributed by atoms with Gasteiger partial charge in [-0.3, -0.25) is 4.79 Å². The molecule has 0 heterocycles. The molecule has 0 saturated heterocycles. The molecule has 3 nitrogen and oxygen atoms in total. The highest BCUT2D eigenvalue weighted by Gasteiger charge is 2.15. The molecule has 0 radical (unpaired) electrons. The summed E-state index contributed by atoms with van der Waals surface area (Å²) in [7, 11) is 0. The van der Waals surface area contributed by atoms with Gasteiger partial charge in [-0.1, -0.05) is 55.5 Å². The summed E-state index contributed by atoms with van der Waals surface area (Å²) in [6.45, 7) is 4.48. The molecular weight excluding hydrogens is 274 g/mol. The van der Waals surface area contributed by atoms with Crippen molar-refractivity contribution in [2.24, 2.45) is 0 Å². The van der Waals surface area contributed by atoms with Crippen molar-refractivity contribution >= 4 is 5.91 Å². The first kappa shape index (κ1) is 16.1. The minimum absolute atomic E-state index is 0.0816. The summed E-state index contributed by atoms with van der Waals surface area (Å²) in [5.41, 5.74) is 2.33. The van der Waals surface area contributed by atoms with Crippen LogP contribution < -0.4 is 10.1 Å². The molecule has 0 aliphatic heterocycles. The quantitative estimate of drug-likeness (QED) is 0.851. The second kappa shape index (κ2) is 8.23. The SMILES string of the molecule is CCc1ccccc1OC(C)C(=O)NCCc1ccccc1. The van der Waals surface area contributed by atoms with E-state index in [0.717, 1.165) is 24.2 Å². The number of carbonyl (C=O) groups is 1.